The van der Waals surface area contributed by atoms with Crippen LogP contribution in [-0.4, -0.2) is 20.4 Å². The van der Waals surface area contributed by atoms with E-state index in [0.29, 0.717) is 10.6 Å². The van der Waals surface area contributed by atoms with Crippen molar-refractivity contribution in [2.24, 2.45) is 0 Å². The molecule has 0 spiro atoms. The lowest BCUT2D eigenvalue weighted by molar-refractivity contribution is -0.116. The SMILES string of the molecule is CCc1cccc(C)c1NC(=O)Cn1cncc(-c2nc(-c3cccs3)cs2)c1=O. The van der Waals surface area contributed by atoms with Gasteiger partial charge in [-0.2, -0.15) is 0 Å². The van der Waals surface area contributed by atoms with Crippen LogP contribution in [0.2, 0.25) is 0 Å². The molecule has 152 valence electrons. The van der Waals surface area contributed by atoms with Gasteiger partial charge in [0.1, 0.15) is 11.6 Å². The summed E-state index contributed by atoms with van der Waals surface area (Å²) in [6.07, 6.45) is 3.70. The Kier molecular flexibility index (Phi) is 5.87. The van der Waals surface area contributed by atoms with Crippen molar-refractivity contribution < 1.29 is 4.79 Å². The van der Waals surface area contributed by atoms with Crippen LogP contribution < -0.4 is 10.9 Å². The largest absolute Gasteiger partial charge is 0.324 e. The predicted octanol–water partition coefficient (Wildman–Crippen LogP) is 4.60. The molecular formula is C22H20N4O2S2. The zero-order valence-corrected chi connectivity index (χ0v) is 18.2. The highest BCUT2D eigenvalue weighted by molar-refractivity contribution is 7.15. The van der Waals surface area contributed by atoms with E-state index in [9.17, 15) is 9.59 Å². The minimum Gasteiger partial charge on any atom is -0.324 e. The predicted molar refractivity (Wildman–Crippen MR) is 122 cm³/mol. The van der Waals surface area contributed by atoms with E-state index < -0.39 is 0 Å². The van der Waals surface area contributed by atoms with Gasteiger partial charge >= 0.3 is 0 Å². The lowest BCUT2D eigenvalue weighted by Crippen LogP contribution is -2.29. The smallest absolute Gasteiger partial charge is 0.264 e. The van der Waals surface area contributed by atoms with E-state index in [2.05, 4.69) is 15.3 Å². The molecule has 1 amide bonds. The summed E-state index contributed by atoms with van der Waals surface area (Å²) in [5.74, 6) is -0.265. The highest BCUT2D eigenvalue weighted by Gasteiger charge is 2.15. The molecule has 0 atom stereocenters. The van der Waals surface area contributed by atoms with Crippen LogP contribution in [0.4, 0.5) is 5.69 Å². The summed E-state index contributed by atoms with van der Waals surface area (Å²) < 4.78 is 1.32. The molecule has 0 radical (unpaired) electrons. The molecule has 1 aromatic carbocycles. The fraction of sp³-hybridized carbons (Fsp3) is 0.182. The Morgan fingerprint density at radius 1 is 1.20 bits per heavy atom. The van der Waals surface area contributed by atoms with Crippen molar-refractivity contribution in [3.8, 4) is 21.1 Å². The maximum atomic E-state index is 13.0. The van der Waals surface area contributed by atoms with E-state index in [0.717, 1.165) is 33.8 Å². The molecule has 3 aromatic heterocycles. The van der Waals surface area contributed by atoms with Crippen LogP contribution >= 0.6 is 22.7 Å². The molecule has 3 heterocycles. The second-order valence-electron chi connectivity index (χ2n) is 6.77. The lowest BCUT2D eigenvalue weighted by Gasteiger charge is -2.13. The van der Waals surface area contributed by atoms with E-state index >= 15 is 0 Å². The lowest BCUT2D eigenvalue weighted by atomic mass is 10.1. The van der Waals surface area contributed by atoms with Crippen molar-refractivity contribution in [2.45, 2.75) is 26.8 Å². The molecule has 0 saturated heterocycles. The van der Waals surface area contributed by atoms with E-state index in [1.54, 1.807) is 11.3 Å². The molecule has 1 N–H and O–H groups in total. The number of para-hydroxylation sites is 1. The number of thiazole rings is 1. The van der Waals surface area contributed by atoms with Crippen LogP contribution in [-0.2, 0) is 17.8 Å². The average Bonchev–Trinajstić information content (AvgIpc) is 3.43. The quantitative estimate of drug-likeness (QED) is 0.479. The molecule has 30 heavy (non-hydrogen) atoms. The Balaban J connectivity index is 1.57. The van der Waals surface area contributed by atoms with Gasteiger partial charge in [-0.3, -0.25) is 14.2 Å². The molecule has 0 saturated carbocycles. The third-order valence-corrected chi connectivity index (χ3v) is 6.50. The van der Waals surface area contributed by atoms with Gasteiger partial charge in [0.15, 0.2) is 0 Å². The minimum atomic E-state index is -0.285. The van der Waals surface area contributed by atoms with Gasteiger partial charge < -0.3 is 5.32 Å². The highest BCUT2D eigenvalue weighted by Crippen LogP contribution is 2.29. The molecule has 0 aliphatic heterocycles. The molecule has 4 rings (SSSR count). The Bertz CT molecular complexity index is 1240. The molecule has 6 nitrogen and oxygen atoms in total. The van der Waals surface area contributed by atoms with Gasteiger partial charge in [0.2, 0.25) is 5.91 Å². The molecule has 0 aliphatic carbocycles. The number of rotatable bonds is 6. The van der Waals surface area contributed by atoms with Crippen molar-refractivity contribution in [1.29, 1.82) is 0 Å². The molecule has 4 aromatic rings. The number of thiophene rings is 1. The molecule has 0 aliphatic rings. The fourth-order valence-corrected chi connectivity index (χ4v) is 4.76. The number of anilines is 1. The highest BCUT2D eigenvalue weighted by atomic mass is 32.1. The summed E-state index contributed by atoms with van der Waals surface area (Å²) in [6, 6.07) is 9.88. The molecule has 0 fully saturated rings. The Morgan fingerprint density at radius 2 is 2.07 bits per heavy atom. The fourth-order valence-electron chi connectivity index (χ4n) is 3.18. The number of carbonyl (C=O) groups is 1. The first-order valence-electron chi connectivity index (χ1n) is 9.49. The van der Waals surface area contributed by atoms with Gasteiger partial charge in [-0.05, 0) is 35.9 Å². The summed E-state index contributed by atoms with van der Waals surface area (Å²) in [5.41, 5.74) is 3.81. The number of aromatic nitrogens is 3. The number of hydrogen-bond acceptors (Lipinski definition) is 6. The van der Waals surface area contributed by atoms with E-state index in [1.165, 1.54) is 28.4 Å². The van der Waals surface area contributed by atoms with Crippen molar-refractivity contribution in [1.82, 2.24) is 14.5 Å². The van der Waals surface area contributed by atoms with Crippen LogP contribution in [0.1, 0.15) is 18.1 Å². The Morgan fingerprint density at radius 3 is 2.83 bits per heavy atom. The second-order valence-corrected chi connectivity index (χ2v) is 8.57. The maximum Gasteiger partial charge on any atom is 0.264 e. The zero-order chi connectivity index (χ0) is 21.1. The second kappa shape index (κ2) is 8.73. The van der Waals surface area contributed by atoms with Crippen LogP contribution in [0.15, 0.2) is 58.4 Å². The summed E-state index contributed by atoms with van der Waals surface area (Å²) in [7, 11) is 0. The number of carbonyl (C=O) groups excluding carboxylic acids is 1. The number of benzene rings is 1. The zero-order valence-electron chi connectivity index (χ0n) is 16.6. The van der Waals surface area contributed by atoms with Crippen molar-refractivity contribution in [3.05, 3.63) is 75.1 Å². The van der Waals surface area contributed by atoms with E-state index in [1.807, 2.05) is 54.9 Å². The van der Waals surface area contributed by atoms with Crippen LogP contribution in [0.5, 0.6) is 0 Å². The van der Waals surface area contributed by atoms with Crippen molar-refractivity contribution in [2.75, 3.05) is 5.32 Å². The van der Waals surface area contributed by atoms with Crippen LogP contribution in [0.3, 0.4) is 0 Å². The number of nitrogens with zero attached hydrogens (tertiary/aromatic N) is 3. The van der Waals surface area contributed by atoms with Gasteiger partial charge in [0.25, 0.3) is 5.56 Å². The molecule has 0 bridgehead atoms. The first kappa shape index (κ1) is 20.2. The molecule has 8 heteroatoms. The maximum absolute atomic E-state index is 13.0. The van der Waals surface area contributed by atoms with Crippen molar-refractivity contribution >= 4 is 34.3 Å². The number of hydrogen-bond donors (Lipinski definition) is 1. The third-order valence-electron chi connectivity index (χ3n) is 4.73. The third kappa shape index (κ3) is 4.10. The standard InChI is InChI=1S/C22H20N4O2S2/c1-3-15-7-4-6-14(2)20(15)25-19(27)11-26-13-23-10-16(22(26)28)21-24-17(12-30-21)18-8-5-9-29-18/h4-10,12-13H,3,11H2,1-2H3,(H,25,27). The Hall–Kier alpha value is -3.10. The monoisotopic (exact) mass is 436 g/mol. The summed E-state index contributed by atoms with van der Waals surface area (Å²) >= 11 is 2.99. The normalized spacial score (nSPS) is 10.9. The van der Waals surface area contributed by atoms with Gasteiger partial charge in [0.05, 0.1) is 22.5 Å². The van der Waals surface area contributed by atoms with Gasteiger partial charge in [-0.1, -0.05) is 31.2 Å². The van der Waals surface area contributed by atoms with E-state index in [-0.39, 0.29) is 18.0 Å². The number of nitrogens with one attached hydrogen (secondary N) is 1. The van der Waals surface area contributed by atoms with Gasteiger partial charge in [0, 0.05) is 17.3 Å². The van der Waals surface area contributed by atoms with E-state index in [4.69, 9.17) is 0 Å². The molecule has 0 unspecified atom stereocenters. The minimum absolute atomic E-state index is 0.111. The summed E-state index contributed by atoms with van der Waals surface area (Å²) in [4.78, 5) is 35.4. The van der Waals surface area contributed by atoms with Crippen molar-refractivity contribution in [3.63, 3.8) is 0 Å². The first-order valence-corrected chi connectivity index (χ1v) is 11.2. The van der Waals surface area contributed by atoms with Crippen LogP contribution in [0.25, 0.3) is 21.1 Å². The Labute approximate surface area is 181 Å². The number of aryl methyl sites for hydroxylation is 2. The summed E-state index contributed by atoms with van der Waals surface area (Å²) in [6.45, 7) is 3.89. The van der Waals surface area contributed by atoms with Crippen LogP contribution in [0, 0.1) is 6.92 Å². The van der Waals surface area contributed by atoms with Gasteiger partial charge in [-0.25, -0.2) is 9.97 Å². The average molecular weight is 437 g/mol. The van der Waals surface area contributed by atoms with Gasteiger partial charge in [-0.15, -0.1) is 22.7 Å². The molecular weight excluding hydrogens is 416 g/mol. The topological polar surface area (TPSA) is 76.9 Å². The first-order chi connectivity index (χ1) is 14.6. The number of amides is 1. The summed E-state index contributed by atoms with van der Waals surface area (Å²) in [5, 5.41) is 7.46.